The van der Waals surface area contributed by atoms with E-state index >= 15 is 0 Å². The molecule has 29 heavy (non-hydrogen) atoms. The highest BCUT2D eigenvalue weighted by Gasteiger charge is 2.35. The minimum atomic E-state index is 0. The maximum Gasteiger partial charge on any atom is 0.272 e. The fraction of sp³-hybridized carbons (Fsp3) is 0.440. The van der Waals surface area contributed by atoms with E-state index in [0.29, 0.717) is 18.8 Å². The van der Waals surface area contributed by atoms with E-state index in [9.17, 15) is 4.79 Å². The summed E-state index contributed by atoms with van der Waals surface area (Å²) in [5.74, 6) is 0.00407. The highest BCUT2D eigenvalue weighted by Crippen LogP contribution is 2.44. The molecule has 4 rings (SSSR count). The monoisotopic (exact) mass is 391 g/mol. The van der Waals surface area contributed by atoms with Crippen LogP contribution in [0.25, 0.3) is 5.57 Å². The van der Waals surface area contributed by atoms with Gasteiger partial charge in [-0.3, -0.25) is 9.78 Å². The zero-order valence-electron chi connectivity index (χ0n) is 16.9. The Balaban J connectivity index is 0.00000240. The van der Waals surface area contributed by atoms with Gasteiger partial charge in [0.25, 0.3) is 5.91 Å². The van der Waals surface area contributed by atoms with Gasteiger partial charge in [0.2, 0.25) is 0 Å². The number of benzene rings is 1. The Kier molecular flexibility index (Phi) is 6.53. The predicted molar refractivity (Wildman–Crippen MR) is 120 cm³/mol. The number of amides is 1. The van der Waals surface area contributed by atoms with Crippen molar-refractivity contribution in [3.05, 3.63) is 71.1 Å². The minimum Gasteiger partial charge on any atom is -0.338 e. The number of rotatable bonds is 4. The fourth-order valence-corrected chi connectivity index (χ4v) is 4.59. The number of pyridine rings is 1. The molecule has 1 aromatic carbocycles. The first-order valence-corrected chi connectivity index (χ1v) is 10.4. The molecule has 0 saturated carbocycles. The Hall–Kier alpha value is -2.46. The number of carbonyl (C=O) groups excluding carboxylic acids is 1. The third-order valence-corrected chi connectivity index (χ3v) is 6.24. The molecule has 1 aliphatic heterocycles. The van der Waals surface area contributed by atoms with Crippen molar-refractivity contribution < 1.29 is 4.79 Å². The molecule has 1 aromatic heterocycles. The molecule has 154 valence electrons. The standard InChI is InChI=1S/C24H29N3O.CH4/c1-3-27(4-2)23(28)22-10-9-19(17-26-22)21-16-24(11-13-25-14-12-24)15-18-7-5-6-8-20(18)21;/h5-10,16-17,25H,3-4,11-15H2,1-2H3;1H4. The molecule has 1 aliphatic carbocycles. The number of nitrogens with one attached hydrogen (secondary N) is 1. The van der Waals surface area contributed by atoms with Crippen molar-refractivity contribution >= 4 is 11.5 Å². The number of hydrogen-bond donors (Lipinski definition) is 1. The number of carbonyl (C=O) groups is 1. The van der Waals surface area contributed by atoms with Crippen molar-refractivity contribution in [1.82, 2.24) is 15.2 Å². The summed E-state index contributed by atoms with van der Waals surface area (Å²) in [6, 6.07) is 12.7. The summed E-state index contributed by atoms with van der Waals surface area (Å²) in [4.78, 5) is 18.9. The molecule has 4 heteroatoms. The van der Waals surface area contributed by atoms with Crippen molar-refractivity contribution in [2.75, 3.05) is 26.2 Å². The number of nitrogens with zero attached hydrogens (tertiary/aromatic N) is 2. The molecule has 0 radical (unpaired) electrons. The zero-order valence-corrected chi connectivity index (χ0v) is 16.9. The lowest BCUT2D eigenvalue weighted by Gasteiger charge is -2.39. The molecule has 2 heterocycles. The third kappa shape index (κ3) is 4.13. The van der Waals surface area contributed by atoms with Gasteiger partial charge in [0.15, 0.2) is 0 Å². The average Bonchev–Trinajstić information content (AvgIpc) is 2.74. The Bertz CT molecular complexity index is 875. The van der Waals surface area contributed by atoms with Gasteiger partial charge < -0.3 is 10.2 Å². The second-order valence-electron chi connectivity index (χ2n) is 7.91. The van der Waals surface area contributed by atoms with Crippen LogP contribution >= 0.6 is 0 Å². The van der Waals surface area contributed by atoms with E-state index in [2.05, 4.69) is 46.7 Å². The Morgan fingerprint density at radius 1 is 1.10 bits per heavy atom. The topological polar surface area (TPSA) is 45.2 Å². The number of fused-ring (bicyclic) bond motifs is 1. The first-order chi connectivity index (χ1) is 13.7. The first kappa shape index (κ1) is 21.3. The largest absolute Gasteiger partial charge is 0.338 e. The summed E-state index contributed by atoms with van der Waals surface area (Å²) >= 11 is 0. The molecule has 4 nitrogen and oxygen atoms in total. The van der Waals surface area contributed by atoms with Gasteiger partial charge in [-0.1, -0.05) is 43.8 Å². The minimum absolute atomic E-state index is 0. The lowest BCUT2D eigenvalue weighted by molar-refractivity contribution is 0.0767. The van der Waals surface area contributed by atoms with E-state index in [-0.39, 0.29) is 18.7 Å². The van der Waals surface area contributed by atoms with Crippen molar-refractivity contribution in [2.45, 2.75) is 40.5 Å². The van der Waals surface area contributed by atoms with Crippen LogP contribution in [0.4, 0.5) is 0 Å². The van der Waals surface area contributed by atoms with Gasteiger partial charge in [0.05, 0.1) is 0 Å². The van der Waals surface area contributed by atoms with Gasteiger partial charge >= 0.3 is 0 Å². The summed E-state index contributed by atoms with van der Waals surface area (Å²) in [7, 11) is 0. The number of allylic oxidation sites excluding steroid dienone is 1. The van der Waals surface area contributed by atoms with Crippen molar-refractivity contribution in [2.24, 2.45) is 5.41 Å². The molecule has 0 unspecified atom stereocenters. The maximum atomic E-state index is 12.6. The summed E-state index contributed by atoms with van der Waals surface area (Å²) in [6.07, 6.45) is 7.80. The lowest BCUT2D eigenvalue weighted by Crippen LogP contribution is -2.38. The van der Waals surface area contributed by atoms with E-state index in [1.807, 2.05) is 26.1 Å². The van der Waals surface area contributed by atoms with Gasteiger partial charge in [-0.15, -0.1) is 0 Å². The molecule has 2 aliphatic rings. The molecule has 1 spiro atoms. The summed E-state index contributed by atoms with van der Waals surface area (Å²) in [6.45, 7) is 7.54. The Morgan fingerprint density at radius 2 is 1.83 bits per heavy atom. The van der Waals surface area contributed by atoms with Crippen LogP contribution in [0.2, 0.25) is 0 Å². The van der Waals surface area contributed by atoms with Gasteiger partial charge in [-0.2, -0.15) is 0 Å². The van der Waals surface area contributed by atoms with E-state index < -0.39 is 0 Å². The Morgan fingerprint density at radius 3 is 2.48 bits per heavy atom. The molecule has 1 N–H and O–H groups in total. The van der Waals surface area contributed by atoms with Crippen LogP contribution in [0, 0.1) is 5.41 Å². The summed E-state index contributed by atoms with van der Waals surface area (Å²) in [5.41, 5.74) is 5.83. The molecule has 0 atom stereocenters. The van der Waals surface area contributed by atoms with E-state index in [4.69, 9.17) is 0 Å². The quantitative estimate of drug-likeness (QED) is 0.831. The second kappa shape index (κ2) is 8.91. The normalized spacial score (nSPS) is 17.1. The number of piperidine rings is 1. The fourth-order valence-electron chi connectivity index (χ4n) is 4.59. The van der Waals surface area contributed by atoms with Crippen LogP contribution in [0.3, 0.4) is 0 Å². The van der Waals surface area contributed by atoms with Gasteiger partial charge in [0, 0.05) is 24.8 Å². The molecule has 1 saturated heterocycles. The number of hydrogen-bond acceptors (Lipinski definition) is 3. The number of aromatic nitrogens is 1. The molecule has 1 fully saturated rings. The molecule has 2 aromatic rings. The van der Waals surface area contributed by atoms with E-state index in [1.165, 1.54) is 16.7 Å². The second-order valence-corrected chi connectivity index (χ2v) is 7.91. The highest BCUT2D eigenvalue weighted by atomic mass is 16.2. The van der Waals surface area contributed by atoms with Crippen LogP contribution in [-0.4, -0.2) is 42.0 Å². The van der Waals surface area contributed by atoms with Crippen molar-refractivity contribution in [3.63, 3.8) is 0 Å². The van der Waals surface area contributed by atoms with Gasteiger partial charge in [0.1, 0.15) is 5.69 Å². The van der Waals surface area contributed by atoms with Crippen molar-refractivity contribution in [3.8, 4) is 0 Å². The van der Waals surface area contributed by atoms with Gasteiger partial charge in [-0.05, 0) is 74.4 Å². The van der Waals surface area contributed by atoms with E-state index in [0.717, 1.165) is 37.9 Å². The summed E-state index contributed by atoms with van der Waals surface area (Å²) < 4.78 is 0. The molecular weight excluding hydrogens is 358 g/mol. The molecule has 1 amide bonds. The first-order valence-electron chi connectivity index (χ1n) is 10.4. The zero-order chi connectivity index (χ0) is 19.6. The highest BCUT2D eigenvalue weighted by molar-refractivity contribution is 5.93. The van der Waals surface area contributed by atoms with Crippen LogP contribution < -0.4 is 5.32 Å². The van der Waals surface area contributed by atoms with Crippen LogP contribution in [0.5, 0.6) is 0 Å². The predicted octanol–water partition coefficient (Wildman–Crippen LogP) is 4.56. The molecule has 0 bridgehead atoms. The smallest absolute Gasteiger partial charge is 0.272 e. The SMILES string of the molecule is C.CCN(CC)C(=O)c1ccc(C2=CC3(CCNCC3)Cc3ccccc32)cn1. The summed E-state index contributed by atoms with van der Waals surface area (Å²) in [5, 5.41) is 3.49. The average molecular weight is 392 g/mol. The molecular formula is C25H33N3O. The lowest BCUT2D eigenvalue weighted by atomic mass is 9.67. The Labute approximate surface area is 175 Å². The van der Waals surface area contributed by atoms with Crippen LogP contribution in [0.1, 0.15) is 61.3 Å². The van der Waals surface area contributed by atoms with E-state index in [1.54, 1.807) is 4.90 Å². The van der Waals surface area contributed by atoms with Crippen molar-refractivity contribution in [1.29, 1.82) is 0 Å². The van der Waals surface area contributed by atoms with Crippen LogP contribution in [0.15, 0.2) is 48.7 Å². The maximum absolute atomic E-state index is 12.6. The third-order valence-electron chi connectivity index (χ3n) is 6.24. The van der Waals surface area contributed by atoms with Gasteiger partial charge in [-0.25, -0.2) is 0 Å². The van der Waals surface area contributed by atoms with Crippen LogP contribution in [-0.2, 0) is 6.42 Å².